The number of carboxylic acids is 2. The van der Waals surface area contributed by atoms with Crippen LogP contribution in [0.1, 0.15) is 329 Å². The fourth-order valence-corrected chi connectivity index (χ4v) is 18.2. The molecular weight excluding hydrogens is 1760 g/mol. The molecule has 0 saturated heterocycles. The van der Waals surface area contributed by atoms with Crippen LogP contribution in [0.5, 0.6) is 23.0 Å². The number of carboxylic acid groups (broad SMARTS) is 2. The van der Waals surface area contributed by atoms with Crippen LogP contribution in [0, 0.1) is 77.0 Å². The van der Waals surface area contributed by atoms with E-state index in [9.17, 15) is 44.4 Å². The van der Waals surface area contributed by atoms with E-state index in [0.717, 1.165) is 141 Å². The molecule has 8 aromatic carbocycles. The van der Waals surface area contributed by atoms with Crippen molar-refractivity contribution in [3.05, 3.63) is 257 Å². The second-order valence-corrected chi connectivity index (χ2v) is 41.3. The first kappa shape index (κ1) is 114. The fraction of sp³-hybridized carbons (Fsp3) is 0.509. The number of nitrogens with one attached hydrogen (secondary N) is 5. The number of carbonyl (C=O) groups is 5. The number of rotatable bonds is 39. The van der Waals surface area contributed by atoms with E-state index < -0.39 is 42.9 Å². The number of H-pyrrole nitrogens is 2. The fourth-order valence-electron chi connectivity index (χ4n) is 18.2. The monoisotopic (exact) mass is 1910 g/mol. The molecule has 0 aliphatic rings. The van der Waals surface area contributed by atoms with Gasteiger partial charge in [-0.2, -0.15) is 10.4 Å². The van der Waals surface area contributed by atoms with Crippen LogP contribution in [-0.2, 0) is 42.6 Å². The predicted molar refractivity (Wildman–Crippen MR) is 549 cm³/mol. The van der Waals surface area contributed by atoms with Crippen LogP contribution in [0.2, 0.25) is 0 Å². The van der Waals surface area contributed by atoms with Gasteiger partial charge in [-0.15, -0.1) is 10.2 Å². The van der Waals surface area contributed by atoms with Crippen LogP contribution in [0.25, 0.3) is 0 Å². The SMILES string of the molecule is CCC(CC)(c1ccc(COCC(=O)O)c(C)c1)c1ccc(OCC(O)C(C)(C)C)c(C)c1.CCC(CC)(c1ccc(OC(C)C(O)C(C)(C)C)c(C)c1)c1ccc(C(=O)NCC(=O)O)c(C)c1.CCC(CC)(c1ccc(OC(C)C(O)C(C)(C)C)c(C)c1)c1ccc(C(=O)Nc2nn[nH]n2)c(C)c1.CCC(CC)(c1ccc(OCC(O)C(C)(C)C)c(C)c1)c1ccc(C(=O)Nc2nn[nH]n2)c(C)c1. The summed E-state index contributed by atoms with van der Waals surface area (Å²) in [4.78, 5) is 59.3. The molecule has 10 aromatic rings. The zero-order chi connectivity index (χ0) is 104. The van der Waals surface area contributed by atoms with Gasteiger partial charge in [-0.1, -0.05) is 252 Å². The third-order valence-corrected chi connectivity index (χ3v) is 27.8. The maximum absolute atomic E-state index is 12.7. The molecule has 27 nitrogen and oxygen atoms in total. The van der Waals surface area contributed by atoms with E-state index in [4.69, 9.17) is 33.9 Å². The van der Waals surface area contributed by atoms with Gasteiger partial charge in [0.15, 0.2) is 0 Å². The summed E-state index contributed by atoms with van der Waals surface area (Å²) in [5.41, 5.74) is 18.0. The molecule has 0 aliphatic carbocycles. The van der Waals surface area contributed by atoms with Crippen LogP contribution in [0.15, 0.2) is 146 Å². The number of aromatic amines is 2. The summed E-state index contributed by atoms with van der Waals surface area (Å²) in [6, 6.07) is 49.3. The van der Waals surface area contributed by atoms with E-state index >= 15 is 0 Å². The second-order valence-electron chi connectivity index (χ2n) is 41.3. The maximum atomic E-state index is 12.7. The predicted octanol–water partition coefficient (Wildman–Crippen LogP) is 21.5. The van der Waals surface area contributed by atoms with Gasteiger partial charge in [-0.25, -0.2) is 4.79 Å². The Bertz CT molecular complexity index is 5710. The van der Waals surface area contributed by atoms with Crippen molar-refractivity contribution in [3.8, 4) is 23.0 Å². The number of tetrazole rings is 2. The van der Waals surface area contributed by atoms with Gasteiger partial charge in [0.05, 0.1) is 31.0 Å². The molecule has 6 unspecified atom stereocenters. The van der Waals surface area contributed by atoms with Gasteiger partial charge in [0.1, 0.15) is 61.6 Å². The Morgan fingerprint density at radius 3 is 0.871 bits per heavy atom. The summed E-state index contributed by atoms with van der Waals surface area (Å²) in [6.07, 6.45) is 4.29. The highest BCUT2D eigenvalue weighted by Crippen LogP contribution is 2.47. The van der Waals surface area contributed by atoms with E-state index in [1.54, 1.807) is 6.07 Å². The average molecular weight is 1910 g/mol. The molecule has 11 N–H and O–H groups in total. The lowest BCUT2D eigenvalue weighted by molar-refractivity contribution is -0.142. The number of aliphatic hydroxyl groups excluding tert-OH is 4. The summed E-state index contributed by atoms with van der Waals surface area (Å²) >= 11 is 0. The van der Waals surface area contributed by atoms with Crippen molar-refractivity contribution in [1.29, 1.82) is 0 Å². The number of ether oxygens (including phenoxy) is 5. The zero-order valence-electron chi connectivity index (χ0n) is 88.0. The number of aliphatic hydroxyl groups is 4. The number of aryl methyl sites for hydroxylation is 8. The summed E-state index contributed by atoms with van der Waals surface area (Å²) in [6.45, 7) is 61.3. The molecule has 6 atom stereocenters. The van der Waals surface area contributed by atoms with Crippen molar-refractivity contribution in [1.82, 2.24) is 46.6 Å². The lowest BCUT2D eigenvalue weighted by Crippen LogP contribution is -2.39. The number of carbonyl (C=O) groups excluding carboxylic acids is 3. The molecule has 139 heavy (non-hydrogen) atoms. The molecule has 0 aliphatic heterocycles. The van der Waals surface area contributed by atoms with Gasteiger partial charge >= 0.3 is 11.9 Å². The topological polar surface area (TPSA) is 398 Å². The minimum Gasteiger partial charge on any atom is -0.491 e. The Morgan fingerprint density at radius 1 is 0.353 bits per heavy atom. The number of benzene rings is 8. The van der Waals surface area contributed by atoms with Crippen LogP contribution in [0.3, 0.4) is 0 Å². The smallest absolute Gasteiger partial charge is 0.329 e. The lowest BCUT2D eigenvalue weighted by Gasteiger charge is -2.35. The highest BCUT2D eigenvalue weighted by molar-refractivity contribution is 6.05. The van der Waals surface area contributed by atoms with E-state index in [1.165, 1.54) is 27.8 Å². The Morgan fingerprint density at radius 2 is 0.626 bits per heavy atom. The first-order valence-corrected chi connectivity index (χ1v) is 48.7. The molecule has 2 heterocycles. The highest BCUT2D eigenvalue weighted by Gasteiger charge is 2.39. The summed E-state index contributed by atoms with van der Waals surface area (Å²) in [7, 11) is 0. The van der Waals surface area contributed by atoms with Crippen LogP contribution in [0.4, 0.5) is 11.9 Å². The highest BCUT2D eigenvalue weighted by atomic mass is 16.5. The summed E-state index contributed by atoms with van der Waals surface area (Å²) in [5, 5.41) is 93.9. The Labute approximate surface area is 824 Å². The zero-order valence-corrected chi connectivity index (χ0v) is 88.0. The first-order chi connectivity index (χ1) is 65.1. The van der Waals surface area contributed by atoms with Crippen LogP contribution < -0.4 is 34.9 Å². The Hall–Kier alpha value is -11.8. The quantitative estimate of drug-likeness (QED) is 0.0170. The average Bonchev–Trinajstić information content (AvgIpc) is 1.04. The second kappa shape index (κ2) is 49.4. The lowest BCUT2D eigenvalue weighted by atomic mass is 9.70. The third kappa shape index (κ3) is 29.0. The van der Waals surface area contributed by atoms with Gasteiger partial charge in [0.2, 0.25) is 0 Å². The number of hydrogen-bond donors (Lipinski definition) is 11. The Kier molecular flexibility index (Phi) is 40.6. The number of amides is 3. The normalized spacial score (nSPS) is 13.4. The van der Waals surface area contributed by atoms with Gasteiger partial charge < -0.3 is 59.6 Å². The molecule has 0 saturated carbocycles. The van der Waals surface area contributed by atoms with Gasteiger partial charge in [-0.05, 0) is 290 Å². The standard InChI is InChI=1S/C29H41NO5.C28H39N5O3.C28H40O5.C27H37N5O3/c1-9-29(10-2,21-11-13-23(18(3)15-21)27(34)30-17-25(31)32)22-12-14-24(19(4)16-22)35-20(5)26(33)28(6,7)8;1-9-28(10-2,20-11-13-22(17(3)15-20)25(35)29-26-30-32-33-31-26)21-12-14-23(18(4)16-21)36-19(5)24(34)27(6,7)8;1-8-28(9-2,22-11-10-21(19(3)14-22)16-32-18-26(30)31)23-12-13-24(20(4)15-23)33-17-25(29)27(5,6)7;1-8-27(9-2,20-11-13-22(18(4)15-20)35-16-23(33)26(5,6)7)19-10-12-21(17(3)14-19)24(34)28-25-29-31-32-30-25/h11-16,20,26,33H,9-10,17H2,1-8H3,(H,30,34)(H,31,32);11-16,19,24,34H,9-10H2,1-8H3,(H2,29,30,31,32,33,35);10-15,25,29H,8-9,16-18H2,1-7H3,(H,30,31);10-15,23,33H,8-9,16H2,1-7H3,(H2,28,29,30,31,32,34). The Balaban J connectivity index is 0.000000252. The molecule has 10 rings (SSSR count). The first-order valence-electron chi connectivity index (χ1n) is 48.7. The molecule has 0 fully saturated rings. The van der Waals surface area contributed by atoms with Gasteiger partial charge in [0.25, 0.3) is 29.6 Å². The number of anilines is 2. The maximum Gasteiger partial charge on any atom is 0.329 e. The summed E-state index contributed by atoms with van der Waals surface area (Å²) < 4.78 is 29.5. The molecular formula is C112H157N11O16. The number of aliphatic carboxylic acids is 2. The van der Waals surface area contributed by atoms with E-state index in [2.05, 4.69) is 185 Å². The van der Waals surface area contributed by atoms with Crippen molar-refractivity contribution in [2.24, 2.45) is 21.7 Å². The van der Waals surface area contributed by atoms with Crippen molar-refractivity contribution < 1.29 is 78.3 Å². The van der Waals surface area contributed by atoms with E-state index in [1.807, 2.05) is 219 Å². The van der Waals surface area contributed by atoms with Crippen molar-refractivity contribution >= 4 is 41.6 Å². The molecule has 2 aromatic heterocycles. The number of nitrogens with zero attached hydrogens (tertiary/aromatic N) is 6. The van der Waals surface area contributed by atoms with Crippen molar-refractivity contribution in [2.45, 2.75) is 324 Å². The van der Waals surface area contributed by atoms with Crippen molar-refractivity contribution in [3.63, 3.8) is 0 Å². The molecule has 756 valence electrons. The third-order valence-electron chi connectivity index (χ3n) is 27.8. The minimum absolute atomic E-state index is 0.139. The number of aromatic nitrogens is 8. The van der Waals surface area contributed by atoms with E-state index in [0.29, 0.717) is 16.7 Å². The van der Waals surface area contributed by atoms with Crippen LogP contribution >= 0.6 is 0 Å². The molecule has 0 bridgehead atoms. The van der Waals surface area contributed by atoms with Gasteiger partial charge in [-0.3, -0.25) is 29.8 Å². The molecule has 0 radical (unpaired) electrons. The largest absolute Gasteiger partial charge is 0.491 e. The number of hydrogen-bond acceptors (Lipinski definition) is 20. The minimum atomic E-state index is -1.08. The van der Waals surface area contributed by atoms with Crippen LogP contribution in [-0.4, -0.2) is 165 Å². The molecule has 27 heteroatoms. The van der Waals surface area contributed by atoms with Crippen molar-refractivity contribution in [2.75, 3.05) is 37.0 Å². The summed E-state index contributed by atoms with van der Waals surface area (Å²) in [5.74, 6) is 0.418. The van der Waals surface area contributed by atoms with Gasteiger partial charge in [0, 0.05) is 38.4 Å². The molecule has 0 spiro atoms. The molecule has 3 amide bonds. The van der Waals surface area contributed by atoms with E-state index in [-0.39, 0.29) is 112 Å².